The lowest BCUT2D eigenvalue weighted by molar-refractivity contribution is -0.902. The van der Waals surface area contributed by atoms with Crippen LogP contribution in [-0.2, 0) is 7.05 Å². The molecule has 4 rings (SSSR count). The van der Waals surface area contributed by atoms with Crippen LogP contribution in [0.2, 0.25) is 0 Å². The Bertz CT molecular complexity index is 911. The average Bonchev–Trinajstić information content (AvgIpc) is 2.88. The van der Waals surface area contributed by atoms with Crippen LogP contribution in [0.3, 0.4) is 0 Å². The molecule has 3 aromatic rings. The SMILES string of the molecule is Cc1cc(C)c2c(c1)c1nnc(SCC[NH+]3CCCCC3)nc1n2C. The summed E-state index contributed by atoms with van der Waals surface area (Å²) in [6.45, 7) is 8.11. The zero-order valence-electron chi connectivity index (χ0n) is 15.3. The molecule has 5 nitrogen and oxygen atoms in total. The van der Waals surface area contributed by atoms with Gasteiger partial charge in [0.2, 0.25) is 5.16 Å². The van der Waals surface area contributed by atoms with E-state index in [0.717, 1.165) is 27.5 Å². The summed E-state index contributed by atoms with van der Waals surface area (Å²) in [6.07, 6.45) is 4.15. The van der Waals surface area contributed by atoms with Gasteiger partial charge in [0.25, 0.3) is 0 Å². The number of quaternary nitrogens is 1. The summed E-state index contributed by atoms with van der Waals surface area (Å²) in [5.74, 6) is 1.06. The highest BCUT2D eigenvalue weighted by Gasteiger charge is 2.16. The van der Waals surface area contributed by atoms with Gasteiger partial charge in [-0.05, 0) is 44.7 Å². The number of aromatic nitrogens is 4. The first kappa shape index (κ1) is 16.8. The number of nitrogens with zero attached hydrogens (tertiary/aromatic N) is 4. The van der Waals surface area contributed by atoms with Crippen molar-refractivity contribution >= 4 is 33.8 Å². The largest absolute Gasteiger partial charge is 0.334 e. The number of fused-ring (bicyclic) bond motifs is 3. The number of hydrogen-bond acceptors (Lipinski definition) is 4. The van der Waals surface area contributed by atoms with Gasteiger partial charge in [0.15, 0.2) is 5.65 Å². The lowest BCUT2D eigenvalue weighted by atomic mass is 10.1. The van der Waals surface area contributed by atoms with Crippen LogP contribution in [0.4, 0.5) is 0 Å². The quantitative estimate of drug-likeness (QED) is 0.729. The maximum absolute atomic E-state index is 4.81. The van der Waals surface area contributed by atoms with E-state index in [-0.39, 0.29) is 0 Å². The van der Waals surface area contributed by atoms with E-state index in [9.17, 15) is 0 Å². The van der Waals surface area contributed by atoms with E-state index < -0.39 is 0 Å². The second-order valence-corrected chi connectivity index (χ2v) is 8.27. The molecule has 0 spiro atoms. The lowest BCUT2D eigenvalue weighted by Crippen LogP contribution is -3.13. The van der Waals surface area contributed by atoms with E-state index >= 15 is 0 Å². The van der Waals surface area contributed by atoms with Crippen molar-refractivity contribution in [1.29, 1.82) is 0 Å². The third-order valence-electron chi connectivity index (χ3n) is 5.25. The fourth-order valence-corrected chi connectivity index (χ4v) is 4.88. The third kappa shape index (κ3) is 3.25. The summed E-state index contributed by atoms with van der Waals surface area (Å²) in [6, 6.07) is 4.40. The molecule has 0 bridgehead atoms. The van der Waals surface area contributed by atoms with Crippen molar-refractivity contribution in [3.63, 3.8) is 0 Å². The molecule has 3 heterocycles. The average molecular weight is 357 g/mol. The molecule has 0 saturated carbocycles. The summed E-state index contributed by atoms with van der Waals surface area (Å²) in [5.41, 5.74) is 5.58. The van der Waals surface area contributed by atoms with Gasteiger partial charge in [0, 0.05) is 12.4 Å². The molecule has 1 aromatic carbocycles. The molecule has 1 saturated heterocycles. The first-order valence-electron chi connectivity index (χ1n) is 9.20. The third-order valence-corrected chi connectivity index (χ3v) is 6.09. The Morgan fingerprint density at radius 2 is 1.92 bits per heavy atom. The number of nitrogens with one attached hydrogen (secondary N) is 1. The van der Waals surface area contributed by atoms with Gasteiger partial charge in [-0.15, -0.1) is 10.2 Å². The van der Waals surface area contributed by atoms with Crippen molar-refractivity contribution in [1.82, 2.24) is 19.7 Å². The van der Waals surface area contributed by atoms with E-state index in [2.05, 4.69) is 47.8 Å². The predicted octanol–water partition coefficient (Wildman–Crippen LogP) is 2.29. The fourth-order valence-electron chi connectivity index (χ4n) is 4.05. The van der Waals surface area contributed by atoms with Crippen molar-refractivity contribution in [2.24, 2.45) is 7.05 Å². The molecule has 0 aliphatic carbocycles. The van der Waals surface area contributed by atoms with Crippen LogP contribution in [-0.4, -0.2) is 45.1 Å². The normalized spacial score (nSPS) is 16.1. The lowest BCUT2D eigenvalue weighted by Gasteiger charge is -2.22. The van der Waals surface area contributed by atoms with Crippen LogP contribution in [0.15, 0.2) is 17.3 Å². The van der Waals surface area contributed by atoms with Crippen LogP contribution < -0.4 is 4.90 Å². The number of likely N-dealkylation sites (tertiary alicyclic amines) is 1. The van der Waals surface area contributed by atoms with Gasteiger partial charge >= 0.3 is 0 Å². The molecule has 6 heteroatoms. The first-order chi connectivity index (χ1) is 12.1. The van der Waals surface area contributed by atoms with Crippen molar-refractivity contribution in [3.8, 4) is 0 Å². The minimum absolute atomic E-state index is 0.796. The van der Waals surface area contributed by atoms with Gasteiger partial charge in [-0.2, -0.15) is 0 Å². The Balaban J connectivity index is 1.58. The van der Waals surface area contributed by atoms with Crippen molar-refractivity contribution in [2.75, 3.05) is 25.4 Å². The summed E-state index contributed by atoms with van der Waals surface area (Å²) < 4.78 is 2.16. The molecule has 0 atom stereocenters. The highest BCUT2D eigenvalue weighted by atomic mass is 32.2. The van der Waals surface area contributed by atoms with Crippen LogP contribution in [0.25, 0.3) is 22.1 Å². The Morgan fingerprint density at radius 3 is 2.72 bits per heavy atom. The molecule has 0 unspecified atom stereocenters. The van der Waals surface area contributed by atoms with Gasteiger partial charge in [-0.3, -0.25) is 0 Å². The van der Waals surface area contributed by atoms with E-state index in [1.165, 1.54) is 55.5 Å². The zero-order chi connectivity index (χ0) is 17.4. The molecule has 25 heavy (non-hydrogen) atoms. The number of piperidine rings is 1. The summed E-state index contributed by atoms with van der Waals surface area (Å²) in [5, 5.41) is 10.9. The molecule has 0 radical (unpaired) electrons. The minimum Gasteiger partial charge on any atom is -0.334 e. The molecule has 1 fully saturated rings. The number of hydrogen-bond donors (Lipinski definition) is 1. The summed E-state index contributed by atoms with van der Waals surface area (Å²) in [7, 11) is 2.08. The molecule has 2 aromatic heterocycles. The summed E-state index contributed by atoms with van der Waals surface area (Å²) >= 11 is 1.74. The van der Waals surface area contributed by atoms with Gasteiger partial charge in [0.1, 0.15) is 5.52 Å². The molecular weight excluding hydrogens is 330 g/mol. The van der Waals surface area contributed by atoms with Crippen LogP contribution >= 0.6 is 11.8 Å². The van der Waals surface area contributed by atoms with Gasteiger partial charge < -0.3 is 9.47 Å². The number of thioether (sulfide) groups is 1. The minimum atomic E-state index is 0.796. The van der Waals surface area contributed by atoms with E-state index in [4.69, 9.17) is 4.98 Å². The van der Waals surface area contributed by atoms with Crippen molar-refractivity contribution in [2.45, 2.75) is 38.3 Å². The standard InChI is InChI=1S/C19H25N5S/c1-13-11-14(2)17-15(12-13)16-18(23(17)3)20-19(22-21-16)25-10-9-24-7-5-4-6-8-24/h11-12H,4-10H2,1-3H3/p+1. The number of benzene rings is 1. The van der Waals surface area contributed by atoms with Gasteiger partial charge in [0.05, 0.1) is 30.9 Å². The smallest absolute Gasteiger partial charge is 0.211 e. The molecule has 132 valence electrons. The van der Waals surface area contributed by atoms with Crippen LogP contribution in [0.5, 0.6) is 0 Å². The molecule has 1 N–H and O–H groups in total. The van der Waals surface area contributed by atoms with Crippen LogP contribution in [0.1, 0.15) is 30.4 Å². The van der Waals surface area contributed by atoms with E-state index in [1.54, 1.807) is 16.7 Å². The Kier molecular flexibility index (Phi) is 4.65. The van der Waals surface area contributed by atoms with Gasteiger partial charge in [-0.1, -0.05) is 23.4 Å². The molecule has 1 aliphatic rings. The van der Waals surface area contributed by atoms with Gasteiger partial charge in [-0.25, -0.2) is 4.98 Å². The predicted molar refractivity (Wildman–Crippen MR) is 103 cm³/mol. The van der Waals surface area contributed by atoms with E-state index in [0.29, 0.717) is 0 Å². The molecule has 0 amide bonds. The topological polar surface area (TPSA) is 48.0 Å². The van der Waals surface area contributed by atoms with Crippen LogP contribution in [0, 0.1) is 13.8 Å². The maximum atomic E-state index is 4.81. The van der Waals surface area contributed by atoms with Crippen molar-refractivity contribution in [3.05, 3.63) is 23.3 Å². The van der Waals surface area contributed by atoms with Crippen molar-refractivity contribution < 1.29 is 4.90 Å². The Morgan fingerprint density at radius 1 is 1.12 bits per heavy atom. The number of rotatable bonds is 4. The monoisotopic (exact) mass is 356 g/mol. The highest BCUT2D eigenvalue weighted by molar-refractivity contribution is 7.99. The molecular formula is C19H26N5S+. The second kappa shape index (κ2) is 6.92. The Hall–Kier alpha value is -1.66. The Labute approximate surface area is 152 Å². The first-order valence-corrected chi connectivity index (χ1v) is 10.2. The summed E-state index contributed by atoms with van der Waals surface area (Å²) in [4.78, 5) is 6.53. The zero-order valence-corrected chi connectivity index (χ0v) is 16.1. The molecule has 1 aliphatic heterocycles. The fraction of sp³-hybridized carbons (Fsp3) is 0.526. The highest BCUT2D eigenvalue weighted by Crippen LogP contribution is 2.29. The second-order valence-electron chi connectivity index (χ2n) is 7.21. The maximum Gasteiger partial charge on any atom is 0.211 e. The van der Waals surface area contributed by atoms with E-state index in [1.807, 2.05) is 0 Å². The number of aryl methyl sites for hydroxylation is 3.